The average Bonchev–Trinajstić information content (AvgIpc) is 3.86. The van der Waals surface area contributed by atoms with Gasteiger partial charge in [-0.2, -0.15) is 0 Å². The molecule has 59 heavy (non-hydrogen) atoms. The van der Waals surface area contributed by atoms with Gasteiger partial charge in [-0.1, -0.05) is 30.9 Å². The minimum atomic E-state index is -0.430. The van der Waals surface area contributed by atoms with Gasteiger partial charge in [0, 0.05) is 51.1 Å². The van der Waals surface area contributed by atoms with Crippen LogP contribution in [0.5, 0.6) is 11.5 Å². The number of aryl methyl sites for hydroxylation is 3. The third kappa shape index (κ3) is 15.3. The zero-order chi connectivity index (χ0) is 41.8. The van der Waals surface area contributed by atoms with Crippen molar-refractivity contribution in [3.8, 4) is 21.3 Å². The molecule has 1 aliphatic carbocycles. The number of ether oxygens (including phenoxy) is 6. The van der Waals surface area contributed by atoms with E-state index in [1.54, 1.807) is 28.7 Å². The molecule has 2 aromatic heterocycles. The highest BCUT2D eigenvalue weighted by atomic mass is 32.1. The number of nitrogens with zero attached hydrogens (tertiary/aromatic N) is 1. The van der Waals surface area contributed by atoms with E-state index >= 15 is 0 Å². The van der Waals surface area contributed by atoms with E-state index in [4.69, 9.17) is 33.4 Å². The molecular formula is C47H55NO9S2. The van der Waals surface area contributed by atoms with Crippen molar-refractivity contribution >= 4 is 52.5 Å². The van der Waals surface area contributed by atoms with Crippen LogP contribution in [-0.4, -0.2) is 69.9 Å². The molecule has 2 heterocycles. The van der Waals surface area contributed by atoms with Crippen LogP contribution >= 0.6 is 22.7 Å². The number of aliphatic imine (C=N–C) groups is 1. The average molecular weight is 842 g/mol. The predicted octanol–water partition coefficient (Wildman–Crippen LogP) is 10.4. The van der Waals surface area contributed by atoms with E-state index in [1.807, 2.05) is 36.5 Å². The monoisotopic (exact) mass is 841 g/mol. The van der Waals surface area contributed by atoms with Crippen molar-refractivity contribution in [1.29, 1.82) is 0 Å². The van der Waals surface area contributed by atoms with E-state index in [0.29, 0.717) is 69.7 Å². The van der Waals surface area contributed by atoms with Gasteiger partial charge < -0.3 is 28.4 Å². The van der Waals surface area contributed by atoms with Crippen LogP contribution in [0.2, 0.25) is 0 Å². The molecule has 0 radical (unpaired) electrons. The molecule has 0 atom stereocenters. The summed E-state index contributed by atoms with van der Waals surface area (Å²) in [5.41, 5.74) is 4.16. The Kier molecular flexibility index (Phi) is 18.4. The highest BCUT2D eigenvalue weighted by Gasteiger charge is 2.25. The lowest BCUT2D eigenvalue weighted by atomic mass is 9.83. The summed E-state index contributed by atoms with van der Waals surface area (Å²) in [6.45, 7) is 13.3. The molecule has 0 amide bonds. The van der Waals surface area contributed by atoms with Crippen LogP contribution < -0.4 is 9.47 Å². The summed E-state index contributed by atoms with van der Waals surface area (Å²) >= 11 is 3.48. The number of thiophene rings is 2. The van der Waals surface area contributed by atoms with E-state index < -0.39 is 5.97 Å². The summed E-state index contributed by atoms with van der Waals surface area (Å²) in [6.07, 6.45) is 10.2. The number of benzene rings is 2. The fourth-order valence-electron chi connectivity index (χ4n) is 6.47. The quantitative estimate of drug-likeness (QED) is 0.0170. The lowest BCUT2D eigenvalue weighted by molar-refractivity contribution is -0.150. The number of hydrogen-bond donors (Lipinski definition) is 0. The van der Waals surface area contributed by atoms with Crippen molar-refractivity contribution in [3.05, 3.63) is 112 Å². The van der Waals surface area contributed by atoms with E-state index in [1.165, 1.54) is 25.8 Å². The molecule has 1 saturated carbocycles. The summed E-state index contributed by atoms with van der Waals surface area (Å²) in [5.74, 6) is 0.852. The fourth-order valence-corrected chi connectivity index (χ4v) is 8.46. The molecular weight excluding hydrogens is 787 g/mol. The third-order valence-electron chi connectivity index (χ3n) is 9.80. The second-order valence-electron chi connectivity index (χ2n) is 14.3. The van der Waals surface area contributed by atoms with Gasteiger partial charge in [0.2, 0.25) is 0 Å². The second-order valence-corrected chi connectivity index (χ2v) is 16.6. The molecule has 2 aromatic carbocycles. The number of rotatable bonds is 24. The first kappa shape index (κ1) is 45.1. The van der Waals surface area contributed by atoms with Gasteiger partial charge in [0.1, 0.15) is 23.3 Å². The maximum absolute atomic E-state index is 13.0. The molecule has 1 fully saturated rings. The first-order chi connectivity index (χ1) is 28.7. The number of carbonyl (C=O) groups excluding carboxylic acids is 3. The topological polar surface area (TPSA) is 119 Å². The first-order valence-corrected chi connectivity index (χ1v) is 21.9. The predicted molar refractivity (Wildman–Crippen MR) is 235 cm³/mol. The second kappa shape index (κ2) is 24.1. The van der Waals surface area contributed by atoms with Crippen molar-refractivity contribution in [2.75, 3.05) is 39.6 Å². The van der Waals surface area contributed by atoms with Crippen molar-refractivity contribution < 1.29 is 42.8 Å². The van der Waals surface area contributed by atoms with Crippen molar-refractivity contribution in [3.63, 3.8) is 0 Å². The molecule has 12 heteroatoms. The summed E-state index contributed by atoms with van der Waals surface area (Å²) in [6, 6.07) is 20.4. The summed E-state index contributed by atoms with van der Waals surface area (Å²) in [4.78, 5) is 45.8. The number of carbonyl (C=O) groups is 3. The Morgan fingerprint density at radius 1 is 0.780 bits per heavy atom. The molecule has 0 aliphatic heterocycles. The van der Waals surface area contributed by atoms with Gasteiger partial charge in [-0.05, 0) is 111 Å². The van der Waals surface area contributed by atoms with Crippen molar-refractivity contribution in [2.24, 2.45) is 4.99 Å². The Morgan fingerprint density at radius 3 is 2.27 bits per heavy atom. The van der Waals surface area contributed by atoms with Crippen LogP contribution in [0.25, 0.3) is 9.75 Å². The maximum Gasteiger partial charge on any atom is 0.330 e. The normalized spacial score (nSPS) is 15.1. The molecule has 314 valence electrons. The summed E-state index contributed by atoms with van der Waals surface area (Å²) in [5, 5.41) is 0. The SMILES string of the molecule is C=CCOCCC(=O)OCCCOc1ccc(CCC(=O)OC2CCC(c3ccc(OCCCOC(=O)C=C)cc3)CC2)cc1/N=C/c1ccc(-c2cc(C)c(C)s2)s1. The molecule has 0 bridgehead atoms. The van der Waals surface area contributed by atoms with Gasteiger partial charge in [-0.3, -0.25) is 14.6 Å². The van der Waals surface area contributed by atoms with Gasteiger partial charge in [0.25, 0.3) is 0 Å². The van der Waals surface area contributed by atoms with E-state index in [0.717, 1.165) is 47.9 Å². The van der Waals surface area contributed by atoms with Crippen LogP contribution in [0.1, 0.15) is 83.7 Å². The van der Waals surface area contributed by atoms with Crippen LogP contribution in [0, 0.1) is 13.8 Å². The Hall–Kier alpha value is -5.04. The van der Waals surface area contributed by atoms with Gasteiger partial charge in [-0.15, -0.1) is 29.3 Å². The lowest BCUT2D eigenvalue weighted by Crippen LogP contribution is -2.24. The Labute approximate surface area is 355 Å². The Bertz CT molecular complexity index is 1990. The Balaban J connectivity index is 1.10. The third-order valence-corrected chi connectivity index (χ3v) is 12.2. The minimum Gasteiger partial charge on any atom is -0.493 e. The molecule has 5 rings (SSSR count). The van der Waals surface area contributed by atoms with Gasteiger partial charge in [-0.25, -0.2) is 4.79 Å². The zero-order valence-corrected chi connectivity index (χ0v) is 35.8. The molecule has 4 aromatic rings. The lowest BCUT2D eigenvalue weighted by Gasteiger charge is -2.28. The highest BCUT2D eigenvalue weighted by molar-refractivity contribution is 7.23. The van der Waals surface area contributed by atoms with Crippen LogP contribution in [0.15, 0.2) is 91.0 Å². The molecule has 0 N–H and O–H groups in total. The van der Waals surface area contributed by atoms with Gasteiger partial charge in [0.15, 0.2) is 0 Å². The largest absolute Gasteiger partial charge is 0.493 e. The molecule has 1 aliphatic rings. The van der Waals surface area contributed by atoms with E-state index in [-0.39, 0.29) is 37.5 Å². The highest BCUT2D eigenvalue weighted by Crippen LogP contribution is 2.37. The summed E-state index contributed by atoms with van der Waals surface area (Å²) < 4.78 is 33.4. The minimum absolute atomic E-state index is 0.0879. The van der Waals surface area contributed by atoms with Crippen LogP contribution in [0.4, 0.5) is 5.69 Å². The van der Waals surface area contributed by atoms with Gasteiger partial charge >= 0.3 is 17.9 Å². The number of hydrogen-bond acceptors (Lipinski definition) is 12. The van der Waals surface area contributed by atoms with Crippen LogP contribution in [-0.2, 0) is 39.8 Å². The summed E-state index contributed by atoms with van der Waals surface area (Å²) in [7, 11) is 0. The molecule has 0 unspecified atom stereocenters. The van der Waals surface area contributed by atoms with Gasteiger partial charge in [0.05, 0.1) is 46.1 Å². The molecule has 10 nitrogen and oxygen atoms in total. The zero-order valence-electron chi connectivity index (χ0n) is 34.1. The molecule has 0 saturated heterocycles. The van der Waals surface area contributed by atoms with Crippen molar-refractivity contribution in [1.82, 2.24) is 0 Å². The van der Waals surface area contributed by atoms with E-state index in [9.17, 15) is 14.4 Å². The van der Waals surface area contributed by atoms with E-state index in [2.05, 4.69) is 57.3 Å². The maximum atomic E-state index is 13.0. The van der Waals surface area contributed by atoms with Crippen molar-refractivity contribution in [2.45, 2.75) is 83.7 Å². The smallest absolute Gasteiger partial charge is 0.330 e. The standard InChI is InChI=1S/C47H55NO9S2/c1-5-24-52-29-23-46(50)56-28-8-26-54-42-20-9-35(31-41(42)48-32-40-19-21-43(59-40)44-30-33(3)34(4)58-44)10-22-47(51)57-39-17-13-37(14-18-39)36-11-15-38(16-12-36)53-25-7-27-55-45(49)6-2/h5-6,9,11-12,15-16,19-21,30-32,37,39H,1-2,7-8,10,13-14,17-18,22-29H2,3-4H3/b48-32+. The fraction of sp³-hybridized carbons (Fsp3) is 0.404. The molecule has 0 spiro atoms. The Morgan fingerprint density at radius 2 is 1.54 bits per heavy atom. The first-order valence-electron chi connectivity index (χ1n) is 20.2. The number of esters is 3. The van der Waals surface area contributed by atoms with Crippen LogP contribution in [0.3, 0.4) is 0 Å².